The standard InChI is InChI=1S/C26H27N9O/c36-26(35-13-12-32-8-1-2-20(32)16-35)33-9-5-18(6-10-33)22-14-21-24(28-17-29-25(21)31-22)30-19-3-4-23-27-7-11-34(23)15-19/h2-5,7,11,14-15,17H,1,6,8-10,12-13,16H2,(H2,28,29,30,31). The van der Waals surface area contributed by atoms with Crippen LogP contribution in [0, 0.1) is 0 Å². The Labute approximate surface area is 207 Å². The lowest BCUT2D eigenvalue weighted by Crippen LogP contribution is -2.51. The third kappa shape index (κ3) is 3.65. The van der Waals surface area contributed by atoms with Gasteiger partial charge in [-0.25, -0.2) is 19.7 Å². The average Bonchev–Trinajstić information content (AvgIpc) is 3.67. The van der Waals surface area contributed by atoms with Gasteiger partial charge < -0.3 is 29.4 Å². The number of hydrogen-bond acceptors (Lipinski definition) is 6. The quantitative estimate of drug-likeness (QED) is 0.465. The van der Waals surface area contributed by atoms with E-state index in [2.05, 4.69) is 48.4 Å². The molecule has 1 fully saturated rings. The van der Waals surface area contributed by atoms with E-state index >= 15 is 0 Å². The van der Waals surface area contributed by atoms with E-state index in [0.717, 1.165) is 72.9 Å². The number of imidazole rings is 1. The highest BCUT2D eigenvalue weighted by molar-refractivity contribution is 5.92. The van der Waals surface area contributed by atoms with Crippen LogP contribution in [0.4, 0.5) is 16.3 Å². The Kier molecular flexibility index (Phi) is 4.90. The van der Waals surface area contributed by atoms with E-state index in [4.69, 9.17) is 0 Å². The second-order valence-electron chi connectivity index (χ2n) is 9.50. The number of hydrogen-bond donors (Lipinski definition) is 2. The molecule has 0 atom stereocenters. The molecule has 4 aromatic heterocycles. The molecule has 2 amide bonds. The van der Waals surface area contributed by atoms with Gasteiger partial charge in [0.25, 0.3) is 0 Å². The zero-order chi connectivity index (χ0) is 24.1. The maximum Gasteiger partial charge on any atom is 0.320 e. The SMILES string of the molecule is O=C(N1CC=C(c2cc3c(Nc4ccc5nccn5c4)ncnc3[nH]2)CC1)N1CCN2CCC=C2C1. The lowest BCUT2D eigenvalue weighted by molar-refractivity contribution is 0.139. The first-order valence-electron chi connectivity index (χ1n) is 12.4. The maximum atomic E-state index is 13.1. The number of nitrogens with one attached hydrogen (secondary N) is 2. The molecule has 0 spiro atoms. The second kappa shape index (κ2) is 8.40. The molecule has 10 nitrogen and oxygen atoms in total. The number of piperazine rings is 1. The van der Waals surface area contributed by atoms with Crippen molar-refractivity contribution in [3.05, 3.63) is 66.7 Å². The molecule has 7 heterocycles. The van der Waals surface area contributed by atoms with Crippen LogP contribution in [0.25, 0.3) is 22.3 Å². The van der Waals surface area contributed by atoms with Gasteiger partial charge in [0.1, 0.15) is 23.4 Å². The van der Waals surface area contributed by atoms with Crippen LogP contribution in [0.3, 0.4) is 0 Å². The number of aromatic amines is 1. The second-order valence-corrected chi connectivity index (χ2v) is 9.50. The molecule has 0 aromatic carbocycles. The van der Waals surface area contributed by atoms with Crippen LogP contribution >= 0.6 is 0 Å². The number of urea groups is 1. The lowest BCUT2D eigenvalue weighted by Gasteiger charge is -2.38. The largest absolute Gasteiger partial charge is 0.372 e. The summed E-state index contributed by atoms with van der Waals surface area (Å²) in [7, 11) is 0. The average molecular weight is 482 g/mol. The number of amides is 2. The normalized spacial score (nSPS) is 17.9. The minimum Gasteiger partial charge on any atom is -0.372 e. The number of rotatable bonds is 3. The van der Waals surface area contributed by atoms with E-state index in [9.17, 15) is 4.79 Å². The Morgan fingerprint density at radius 2 is 2.00 bits per heavy atom. The van der Waals surface area contributed by atoms with Crippen molar-refractivity contribution in [2.45, 2.75) is 12.8 Å². The van der Waals surface area contributed by atoms with Crippen molar-refractivity contribution in [2.24, 2.45) is 0 Å². The number of nitrogens with zero attached hydrogens (tertiary/aromatic N) is 7. The fourth-order valence-corrected chi connectivity index (χ4v) is 5.39. The number of aromatic nitrogens is 5. The molecule has 182 valence electrons. The summed E-state index contributed by atoms with van der Waals surface area (Å²) in [5.41, 5.74) is 6.13. The first-order chi connectivity index (χ1) is 17.7. The third-order valence-electron chi connectivity index (χ3n) is 7.35. The molecule has 1 saturated heterocycles. The first-order valence-corrected chi connectivity index (χ1v) is 12.4. The van der Waals surface area contributed by atoms with Gasteiger partial charge in [0, 0.05) is 62.7 Å². The Balaban J connectivity index is 1.08. The molecule has 3 aliphatic heterocycles. The highest BCUT2D eigenvalue weighted by atomic mass is 16.2. The van der Waals surface area contributed by atoms with Gasteiger partial charge in [-0.2, -0.15) is 0 Å². The predicted molar refractivity (Wildman–Crippen MR) is 138 cm³/mol. The van der Waals surface area contributed by atoms with Crippen LogP contribution in [0.1, 0.15) is 18.5 Å². The van der Waals surface area contributed by atoms with Crippen molar-refractivity contribution in [1.82, 2.24) is 39.0 Å². The van der Waals surface area contributed by atoms with Gasteiger partial charge in [-0.15, -0.1) is 0 Å². The summed E-state index contributed by atoms with van der Waals surface area (Å²) < 4.78 is 1.97. The molecule has 4 aromatic rings. The van der Waals surface area contributed by atoms with Gasteiger partial charge in [0.05, 0.1) is 17.6 Å². The van der Waals surface area contributed by atoms with E-state index in [1.54, 1.807) is 12.5 Å². The fraction of sp³-hybridized carbons (Fsp3) is 0.308. The Bertz CT molecular complexity index is 1530. The third-order valence-corrected chi connectivity index (χ3v) is 7.35. The van der Waals surface area contributed by atoms with Gasteiger partial charge in [0.2, 0.25) is 0 Å². The van der Waals surface area contributed by atoms with Crippen molar-refractivity contribution in [3.63, 3.8) is 0 Å². The van der Waals surface area contributed by atoms with E-state index in [1.165, 1.54) is 11.3 Å². The molecule has 0 aliphatic carbocycles. The van der Waals surface area contributed by atoms with Crippen molar-refractivity contribution >= 4 is 39.8 Å². The number of fused-ring (bicyclic) bond motifs is 3. The maximum absolute atomic E-state index is 13.1. The minimum absolute atomic E-state index is 0.140. The van der Waals surface area contributed by atoms with Crippen LogP contribution in [0.2, 0.25) is 0 Å². The number of pyridine rings is 1. The van der Waals surface area contributed by atoms with Gasteiger partial charge in [-0.1, -0.05) is 12.2 Å². The molecule has 10 heteroatoms. The number of carbonyl (C=O) groups excluding carboxylic acids is 1. The first kappa shape index (κ1) is 21.0. The van der Waals surface area contributed by atoms with Crippen molar-refractivity contribution in [1.29, 1.82) is 0 Å². The molecule has 0 radical (unpaired) electrons. The van der Waals surface area contributed by atoms with Gasteiger partial charge >= 0.3 is 6.03 Å². The molecular weight excluding hydrogens is 454 g/mol. The van der Waals surface area contributed by atoms with Crippen LogP contribution in [0.5, 0.6) is 0 Å². The van der Waals surface area contributed by atoms with Crippen LogP contribution in [-0.2, 0) is 0 Å². The Morgan fingerprint density at radius 3 is 2.92 bits per heavy atom. The van der Waals surface area contributed by atoms with Crippen molar-refractivity contribution < 1.29 is 4.79 Å². The lowest BCUT2D eigenvalue weighted by atomic mass is 10.0. The molecule has 3 aliphatic rings. The summed E-state index contributed by atoms with van der Waals surface area (Å²) in [4.78, 5) is 36.2. The van der Waals surface area contributed by atoms with Crippen LogP contribution < -0.4 is 5.32 Å². The molecular formula is C26H27N9O. The zero-order valence-corrected chi connectivity index (χ0v) is 19.9. The van der Waals surface area contributed by atoms with E-state index in [0.29, 0.717) is 13.1 Å². The molecule has 36 heavy (non-hydrogen) atoms. The molecule has 0 bridgehead atoms. The van der Waals surface area contributed by atoms with Gasteiger partial charge in [0.15, 0.2) is 0 Å². The number of H-pyrrole nitrogens is 1. The monoisotopic (exact) mass is 481 g/mol. The van der Waals surface area contributed by atoms with E-state index in [1.807, 2.05) is 38.7 Å². The summed E-state index contributed by atoms with van der Waals surface area (Å²) >= 11 is 0. The van der Waals surface area contributed by atoms with Crippen LogP contribution in [0.15, 0.2) is 61.0 Å². The molecule has 0 unspecified atom stereocenters. The highest BCUT2D eigenvalue weighted by Gasteiger charge is 2.30. The molecule has 0 saturated carbocycles. The summed E-state index contributed by atoms with van der Waals surface area (Å²) in [6, 6.07) is 6.19. The predicted octanol–water partition coefficient (Wildman–Crippen LogP) is 3.46. The topological polar surface area (TPSA) is 97.7 Å². The molecule has 2 N–H and O–H groups in total. The summed E-state index contributed by atoms with van der Waals surface area (Å²) in [5.74, 6) is 0.746. The minimum atomic E-state index is 0.140. The van der Waals surface area contributed by atoms with Crippen molar-refractivity contribution in [3.8, 4) is 0 Å². The number of anilines is 2. The van der Waals surface area contributed by atoms with E-state index < -0.39 is 0 Å². The van der Waals surface area contributed by atoms with Gasteiger partial charge in [-0.3, -0.25) is 0 Å². The fourth-order valence-electron chi connectivity index (χ4n) is 5.39. The smallest absolute Gasteiger partial charge is 0.320 e. The van der Waals surface area contributed by atoms with Crippen molar-refractivity contribution in [2.75, 3.05) is 44.6 Å². The highest BCUT2D eigenvalue weighted by Crippen LogP contribution is 2.30. The summed E-state index contributed by atoms with van der Waals surface area (Å²) in [6.07, 6.45) is 13.6. The Hall–Kier alpha value is -4.34. The number of carbonyl (C=O) groups is 1. The summed E-state index contributed by atoms with van der Waals surface area (Å²) in [6.45, 7) is 4.89. The Morgan fingerprint density at radius 1 is 1.03 bits per heavy atom. The summed E-state index contributed by atoms with van der Waals surface area (Å²) in [5, 5.41) is 4.34. The van der Waals surface area contributed by atoms with Gasteiger partial charge in [-0.05, 0) is 36.6 Å². The zero-order valence-electron chi connectivity index (χ0n) is 19.9. The van der Waals surface area contributed by atoms with Crippen LogP contribution in [-0.4, -0.2) is 84.3 Å². The van der Waals surface area contributed by atoms with E-state index in [-0.39, 0.29) is 6.03 Å². The molecule has 7 rings (SSSR count).